The van der Waals surface area contributed by atoms with Crippen LogP contribution in [0.3, 0.4) is 0 Å². The Morgan fingerprint density at radius 2 is 1.69 bits per heavy atom. The van der Waals surface area contributed by atoms with Crippen molar-refractivity contribution in [3.63, 3.8) is 0 Å². The zero-order valence-electron chi connectivity index (χ0n) is 10.1. The Morgan fingerprint density at radius 1 is 1.12 bits per heavy atom. The Balaban J connectivity index is 2.04. The van der Waals surface area contributed by atoms with Gasteiger partial charge in [-0.2, -0.15) is 0 Å². The summed E-state index contributed by atoms with van der Waals surface area (Å²) in [5.41, 5.74) is 1.37. The van der Waals surface area contributed by atoms with Crippen LogP contribution in [0.5, 0.6) is 0 Å². The van der Waals surface area contributed by atoms with Crippen LogP contribution in [-0.2, 0) is 6.54 Å². The van der Waals surface area contributed by atoms with Crippen molar-refractivity contribution in [2.45, 2.75) is 51.7 Å². The maximum absolute atomic E-state index is 5.90. The second-order valence-corrected chi connectivity index (χ2v) is 5.36. The fourth-order valence-corrected chi connectivity index (χ4v) is 2.71. The molecule has 2 rings (SSSR count). The van der Waals surface area contributed by atoms with E-state index >= 15 is 0 Å². The predicted octanol–water partition coefficient (Wildman–Crippen LogP) is 4.10. The largest absolute Gasteiger partial charge is 0.294 e. The molecule has 2 atom stereocenters. The van der Waals surface area contributed by atoms with E-state index in [9.17, 15) is 0 Å². The number of benzene rings is 1. The summed E-state index contributed by atoms with van der Waals surface area (Å²) < 4.78 is 0. The van der Waals surface area contributed by atoms with Gasteiger partial charge >= 0.3 is 0 Å². The number of nitrogens with zero attached hydrogens (tertiary/aromatic N) is 1. The Hall–Kier alpha value is -0.530. The molecule has 0 amide bonds. The smallest absolute Gasteiger partial charge is 0.0406 e. The van der Waals surface area contributed by atoms with Crippen molar-refractivity contribution in [3.05, 3.63) is 34.9 Å². The second kappa shape index (κ2) is 5.20. The molecule has 1 nitrogen and oxygen atoms in total. The van der Waals surface area contributed by atoms with Crippen LogP contribution in [0.25, 0.3) is 0 Å². The lowest BCUT2D eigenvalue weighted by molar-refractivity contribution is 0.0953. The first-order valence-corrected chi connectivity index (χ1v) is 6.55. The van der Waals surface area contributed by atoms with E-state index < -0.39 is 0 Å². The van der Waals surface area contributed by atoms with Crippen LogP contribution in [0.1, 0.15) is 38.7 Å². The van der Waals surface area contributed by atoms with Crippen LogP contribution >= 0.6 is 11.6 Å². The van der Waals surface area contributed by atoms with Crippen LogP contribution in [-0.4, -0.2) is 17.0 Å². The molecule has 1 aliphatic rings. The number of halogens is 1. The second-order valence-electron chi connectivity index (χ2n) is 4.93. The highest BCUT2D eigenvalue weighted by molar-refractivity contribution is 6.30. The summed E-state index contributed by atoms with van der Waals surface area (Å²) in [5.74, 6) is 0. The van der Waals surface area contributed by atoms with Gasteiger partial charge in [-0.3, -0.25) is 4.90 Å². The molecule has 0 bridgehead atoms. The van der Waals surface area contributed by atoms with Crippen molar-refractivity contribution in [1.29, 1.82) is 0 Å². The van der Waals surface area contributed by atoms with Gasteiger partial charge in [0, 0.05) is 23.7 Å². The molecular weight excluding hydrogens is 218 g/mol. The first-order chi connectivity index (χ1) is 7.66. The van der Waals surface area contributed by atoms with E-state index in [1.54, 1.807) is 0 Å². The molecule has 1 aliphatic heterocycles. The van der Waals surface area contributed by atoms with Crippen molar-refractivity contribution in [2.24, 2.45) is 0 Å². The standard InChI is InChI=1S/C14H20ClN/c1-11-4-3-5-12(2)16(11)10-13-6-8-14(15)9-7-13/h6-9,11-12H,3-5,10H2,1-2H3. The molecule has 88 valence electrons. The van der Waals surface area contributed by atoms with Crippen molar-refractivity contribution < 1.29 is 0 Å². The van der Waals surface area contributed by atoms with E-state index in [-0.39, 0.29) is 0 Å². The Labute approximate surface area is 103 Å². The fourth-order valence-electron chi connectivity index (χ4n) is 2.59. The lowest BCUT2D eigenvalue weighted by Gasteiger charge is -2.39. The van der Waals surface area contributed by atoms with E-state index in [0.717, 1.165) is 11.6 Å². The minimum absolute atomic E-state index is 0.708. The average Bonchev–Trinajstić information content (AvgIpc) is 2.26. The predicted molar refractivity (Wildman–Crippen MR) is 69.8 cm³/mol. The first kappa shape index (κ1) is 11.9. The summed E-state index contributed by atoms with van der Waals surface area (Å²) in [6, 6.07) is 9.65. The normalized spacial score (nSPS) is 26.9. The van der Waals surface area contributed by atoms with Crippen molar-refractivity contribution in [2.75, 3.05) is 0 Å². The van der Waals surface area contributed by atoms with E-state index in [2.05, 4.69) is 30.9 Å². The summed E-state index contributed by atoms with van der Waals surface area (Å²) in [7, 11) is 0. The topological polar surface area (TPSA) is 3.24 Å². The molecule has 1 heterocycles. The lowest BCUT2D eigenvalue weighted by atomic mass is 9.97. The molecule has 0 spiro atoms. The Kier molecular flexibility index (Phi) is 3.88. The Bertz CT molecular complexity index is 323. The van der Waals surface area contributed by atoms with Gasteiger partial charge in [0.2, 0.25) is 0 Å². The molecule has 2 heteroatoms. The quantitative estimate of drug-likeness (QED) is 0.749. The van der Waals surface area contributed by atoms with Crippen molar-refractivity contribution in [3.8, 4) is 0 Å². The number of hydrogen-bond donors (Lipinski definition) is 0. The molecule has 1 saturated heterocycles. The Morgan fingerprint density at radius 3 is 2.25 bits per heavy atom. The third-order valence-electron chi connectivity index (χ3n) is 3.65. The van der Waals surface area contributed by atoms with Crippen LogP contribution in [0.2, 0.25) is 5.02 Å². The molecule has 0 saturated carbocycles. The molecule has 1 fully saturated rings. The van der Waals surface area contributed by atoms with E-state index in [1.165, 1.54) is 24.8 Å². The number of hydrogen-bond acceptors (Lipinski definition) is 1. The van der Waals surface area contributed by atoms with Crippen molar-refractivity contribution in [1.82, 2.24) is 4.90 Å². The van der Waals surface area contributed by atoms with Gasteiger partial charge in [0.15, 0.2) is 0 Å². The molecule has 0 aromatic heterocycles. The SMILES string of the molecule is CC1CCCC(C)N1Cc1ccc(Cl)cc1. The molecule has 2 unspecified atom stereocenters. The number of rotatable bonds is 2. The molecule has 0 N–H and O–H groups in total. The highest BCUT2D eigenvalue weighted by atomic mass is 35.5. The fraction of sp³-hybridized carbons (Fsp3) is 0.571. The molecule has 16 heavy (non-hydrogen) atoms. The summed E-state index contributed by atoms with van der Waals surface area (Å²) >= 11 is 5.90. The van der Waals surface area contributed by atoms with Gasteiger partial charge in [0.05, 0.1) is 0 Å². The summed E-state index contributed by atoms with van der Waals surface area (Å²) in [5, 5.41) is 0.823. The van der Waals surface area contributed by atoms with Gasteiger partial charge in [-0.05, 0) is 44.4 Å². The maximum Gasteiger partial charge on any atom is 0.0406 e. The van der Waals surface area contributed by atoms with Gasteiger partial charge in [-0.25, -0.2) is 0 Å². The summed E-state index contributed by atoms with van der Waals surface area (Å²) in [4.78, 5) is 2.60. The summed E-state index contributed by atoms with van der Waals surface area (Å²) in [6.07, 6.45) is 4.04. The van der Waals surface area contributed by atoms with Gasteiger partial charge in [-0.1, -0.05) is 30.2 Å². The van der Waals surface area contributed by atoms with E-state index in [1.807, 2.05) is 12.1 Å². The van der Waals surface area contributed by atoms with Crippen molar-refractivity contribution >= 4 is 11.6 Å². The van der Waals surface area contributed by atoms with Gasteiger partial charge < -0.3 is 0 Å². The maximum atomic E-state index is 5.90. The zero-order chi connectivity index (χ0) is 11.5. The molecular formula is C14H20ClN. The van der Waals surface area contributed by atoms with Gasteiger partial charge in [0.25, 0.3) is 0 Å². The van der Waals surface area contributed by atoms with Crippen LogP contribution in [0.15, 0.2) is 24.3 Å². The van der Waals surface area contributed by atoms with E-state index in [0.29, 0.717) is 12.1 Å². The summed E-state index contributed by atoms with van der Waals surface area (Å²) in [6.45, 7) is 5.73. The van der Waals surface area contributed by atoms with Gasteiger partial charge in [-0.15, -0.1) is 0 Å². The molecule has 1 aromatic rings. The number of piperidine rings is 1. The molecule has 1 aromatic carbocycles. The monoisotopic (exact) mass is 237 g/mol. The minimum atomic E-state index is 0.708. The molecule has 0 aliphatic carbocycles. The third kappa shape index (κ3) is 2.78. The third-order valence-corrected chi connectivity index (χ3v) is 3.91. The van der Waals surface area contributed by atoms with Crippen LogP contribution in [0.4, 0.5) is 0 Å². The first-order valence-electron chi connectivity index (χ1n) is 6.17. The van der Waals surface area contributed by atoms with Gasteiger partial charge in [0.1, 0.15) is 0 Å². The average molecular weight is 238 g/mol. The van der Waals surface area contributed by atoms with Crippen LogP contribution < -0.4 is 0 Å². The van der Waals surface area contributed by atoms with E-state index in [4.69, 9.17) is 11.6 Å². The lowest BCUT2D eigenvalue weighted by Crippen LogP contribution is -2.42. The highest BCUT2D eigenvalue weighted by Crippen LogP contribution is 2.24. The molecule has 0 radical (unpaired) electrons. The minimum Gasteiger partial charge on any atom is -0.294 e. The van der Waals surface area contributed by atoms with Crippen LogP contribution in [0, 0.1) is 0 Å². The zero-order valence-corrected chi connectivity index (χ0v) is 10.9. The highest BCUT2D eigenvalue weighted by Gasteiger charge is 2.24. The number of likely N-dealkylation sites (tertiary alicyclic amines) is 1.